The highest BCUT2D eigenvalue weighted by atomic mass is 16.5. The second-order valence-corrected chi connectivity index (χ2v) is 5.52. The van der Waals surface area contributed by atoms with Crippen LogP contribution in [0.5, 0.6) is 5.75 Å². The molecule has 0 bridgehead atoms. The summed E-state index contributed by atoms with van der Waals surface area (Å²) in [6.07, 6.45) is 1.48. The Morgan fingerprint density at radius 1 is 1.38 bits per heavy atom. The third-order valence-electron chi connectivity index (χ3n) is 3.61. The normalized spacial score (nSPS) is 19.8. The largest absolute Gasteiger partial charge is 0.477 e. The second-order valence-electron chi connectivity index (χ2n) is 5.52. The average Bonchev–Trinajstić information content (AvgIpc) is 3.29. The Kier molecular flexibility index (Phi) is 3.68. The lowest BCUT2D eigenvalue weighted by Crippen LogP contribution is -2.48. The Morgan fingerprint density at radius 2 is 2.14 bits per heavy atom. The molecule has 1 saturated carbocycles. The van der Waals surface area contributed by atoms with Crippen LogP contribution in [0, 0.1) is 0 Å². The van der Waals surface area contributed by atoms with Crippen molar-refractivity contribution in [2.24, 2.45) is 0 Å². The molecule has 112 valence electrons. The molecule has 2 N–H and O–H groups in total. The maximum atomic E-state index is 12.3. The summed E-state index contributed by atoms with van der Waals surface area (Å²) >= 11 is 0. The van der Waals surface area contributed by atoms with Crippen LogP contribution in [0.2, 0.25) is 0 Å². The number of carbonyl (C=O) groups is 2. The third kappa shape index (κ3) is 3.26. The zero-order valence-electron chi connectivity index (χ0n) is 12.0. The van der Waals surface area contributed by atoms with Gasteiger partial charge in [-0.15, -0.1) is 0 Å². The standard InChI is InChI=1S/C15H19N3O3/c1-18(9-14(19)17-10-6-7-10)15(20)13-8-16-11-4-2-3-5-12(11)21-13/h2-5,10,13,16H,6-9H2,1H3,(H,17,19). The Morgan fingerprint density at radius 3 is 2.90 bits per heavy atom. The zero-order chi connectivity index (χ0) is 14.8. The number of nitrogens with zero attached hydrogens (tertiary/aromatic N) is 1. The summed E-state index contributed by atoms with van der Waals surface area (Å²) in [6.45, 7) is 0.473. The molecule has 0 spiro atoms. The van der Waals surface area contributed by atoms with Crippen molar-refractivity contribution in [3.05, 3.63) is 24.3 Å². The molecule has 0 radical (unpaired) electrons. The lowest BCUT2D eigenvalue weighted by molar-refractivity contribution is -0.140. The van der Waals surface area contributed by atoms with E-state index in [4.69, 9.17) is 4.74 Å². The van der Waals surface area contributed by atoms with Crippen LogP contribution in [0.3, 0.4) is 0 Å². The highest BCUT2D eigenvalue weighted by Gasteiger charge is 2.30. The van der Waals surface area contributed by atoms with Gasteiger partial charge < -0.3 is 20.3 Å². The van der Waals surface area contributed by atoms with Gasteiger partial charge in [-0.1, -0.05) is 12.1 Å². The topological polar surface area (TPSA) is 70.7 Å². The van der Waals surface area contributed by atoms with Crippen LogP contribution in [0.1, 0.15) is 12.8 Å². The highest BCUT2D eigenvalue weighted by Crippen LogP contribution is 2.28. The molecule has 6 heteroatoms. The fourth-order valence-electron chi connectivity index (χ4n) is 2.29. The van der Waals surface area contributed by atoms with Crippen molar-refractivity contribution >= 4 is 17.5 Å². The van der Waals surface area contributed by atoms with E-state index in [0.29, 0.717) is 18.3 Å². The van der Waals surface area contributed by atoms with E-state index in [1.54, 1.807) is 7.05 Å². The third-order valence-corrected chi connectivity index (χ3v) is 3.61. The quantitative estimate of drug-likeness (QED) is 0.851. The average molecular weight is 289 g/mol. The fourth-order valence-corrected chi connectivity index (χ4v) is 2.29. The van der Waals surface area contributed by atoms with Crippen molar-refractivity contribution in [1.29, 1.82) is 0 Å². The van der Waals surface area contributed by atoms with Crippen LogP contribution in [0.15, 0.2) is 24.3 Å². The van der Waals surface area contributed by atoms with Gasteiger partial charge in [-0.05, 0) is 25.0 Å². The number of rotatable bonds is 4. The first kappa shape index (κ1) is 13.7. The Bertz CT molecular complexity index is 557. The van der Waals surface area contributed by atoms with Gasteiger partial charge in [0.1, 0.15) is 5.75 Å². The Hall–Kier alpha value is -2.24. The summed E-state index contributed by atoms with van der Waals surface area (Å²) < 4.78 is 5.70. The van der Waals surface area contributed by atoms with Gasteiger partial charge in [0, 0.05) is 13.1 Å². The lowest BCUT2D eigenvalue weighted by Gasteiger charge is -2.29. The van der Waals surface area contributed by atoms with Crippen molar-refractivity contribution in [1.82, 2.24) is 10.2 Å². The van der Waals surface area contributed by atoms with Crippen LogP contribution < -0.4 is 15.4 Å². The molecule has 1 aliphatic carbocycles. The number of amides is 2. The minimum Gasteiger partial charge on any atom is -0.477 e. The minimum absolute atomic E-state index is 0.0663. The molecule has 6 nitrogen and oxygen atoms in total. The van der Waals surface area contributed by atoms with Gasteiger partial charge in [0.25, 0.3) is 5.91 Å². The van der Waals surface area contributed by atoms with Crippen molar-refractivity contribution in [2.45, 2.75) is 25.0 Å². The van der Waals surface area contributed by atoms with Crippen LogP contribution in [-0.4, -0.2) is 49.0 Å². The molecule has 1 aromatic rings. The molecular weight excluding hydrogens is 270 g/mol. The number of carbonyl (C=O) groups excluding carboxylic acids is 2. The van der Waals surface area contributed by atoms with E-state index in [0.717, 1.165) is 18.5 Å². The summed E-state index contributed by atoms with van der Waals surface area (Å²) in [4.78, 5) is 25.5. The molecule has 2 amide bonds. The molecular formula is C15H19N3O3. The number of hydrogen-bond donors (Lipinski definition) is 2. The van der Waals surface area contributed by atoms with Crippen LogP contribution >= 0.6 is 0 Å². The van der Waals surface area contributed by atoms with Gasteiger partial charge in [0.2, 0.25) is 5.91 Å². The second kappa shape index (κ2) is 5.63. The summed E-state index contributed by atoms with van der Waals surface area (Å²) in [5, 5.41) is 6.04. The van der Waals surface area contributed by atoms with Gasteiger partial charge in [-0.3, -0.25) is 9.59 Å². The van der Waals surface area contributed by atoms with E-state index < -0.39 is 6.10 Å². The Balaban J connectivity index is 1.56. The molecule has 3 rings (SSSR count). The minimum atomic E-state index is -0.598. The smallest absolute Gasteiger partial charge is 0.265 e. The van der Waals surface area contributed by atoms with Gasteiger partial charge in [-0.2, -0.15) is 0 Å². The molecule has 21 heavy (non-hydrogen) atoms. The van der Waals surface area contributed by atoms with E-state index >= 15 is 0 Å². The predicted molar refractivity (Wildman–Crippen MR) is 78.1 cm³/mol. The zero-order valence-corrected chi connectivity index (χ0v) is 12.0. The number of para-hydroxylation sites is 2. The van der Waals surface area contributed by atoms with Gasteiger partial charge >= 0.3 is 0 Å². The molecule has 0 aromatic heterocycles. The number of fused-ring (bicyclic) bond motifs is 1. The molecule has 1 aromatic carbocycles. The highest BCUT2D eigenvalue weighted by molar-refractivity contribution is 5.88. The first-order valence-corrected chi connectivity index (χ1v) is 7.17. The molecule has 0 saturated heterocycles. The van der Waals surface area contributed by atoms with E-state index in [1.165, 1.54) is 4.90 Å². The Labute approximate surface area is 123 Å². The number of ether oxygens (including phenoxy) is 1. The monoisotopic (exact) mass is 289 g/mol. The van der Waals surface area contributed by atoms with Crippen molar-refractivity contribution in [3.8, 4) is 5.75 Å². The number of likely N-dealkylation sites (N-methyl/N-ethyl adjacent to an activating group) is 1. The number of nitrogens with one attached hydrogen (secondary N) is 2. The van der Waals surface area contributed by atoms with Gasteiger partial charge in [0.05, 0.1) is 18.8 Å². The molecule has 1 fully saturated rings. The van der Waals surface area contributed by atoms with E-state index in [9.17, 15) is 9.59 Å². The maximum absolute atomic E-state index is 12.3. The first-order chi connectivity index (χ1) is 10.1. The van der Waals surface area contributed by atoms with Crippen molar-refractivity contribution in [2.75, 3.05) is 25.5 Å². The summed E-state index contributed by atoms with van der Waals surface area (Å²) in [5.41, 5.74) is 0.885. The molecule has 1 aliphatic heterocycles. The molecule has 1 atom stereocenters. The van der Waals surface area contributed by atoms with Gasteiger partial charge in [0.15, 0.2) is 6.10 Å². The van der Waals surface area contributed by atoms with Crippen molar-refractivity contribution in [3.63, 3.8) is 0 Å². The summed E-state index contributed by atoms with van der Waals surface area (Å²) in [5.74, 6) is 0.360. The van der Waals surface area contributed by atoms with E-state index in [-0.39, 0.29) is 18.4 Å². The van der Waals surface area contributed by atoms with Crippen molar-refractivity contribution < 1.29 is 14.3 Å². The molecule has 1 heterocycles. The van der Waals surface area contributed by atoms with Crippen LogP contribution in [0.4, 0.5) is 5.69 Å². The van der Waals surface area contributed by atoms with E-state index in [1.807, 2.05) is 24.3 Å². The lowest BCUT2D eigenvalue weighted by atomic mass is 10.2. The molecule has 1 unspecified atom stereocenters. The number of anilines is 1. The maximum Gasteiger partial charge on any atom is 0.265 e. The summed E-state index contributed by atoms with van der Waals surface area (Å²) in [6, 6.07) is 7.80. The van der Waals surface area contributed by atoms with E-state index in [2.05, 4.69) is 10.6 Å². The predicted octanol–water partition coefficient (Wildman–Crippen LogP) is 0.597. The number of benzene rings is 1. The summed E-state index contributed by atoms with van der Waals surface area (Å²) in [7, 11) is 1.62. The van der Waals surface area contributed by atoms with Crippen LogP contribution in [-0.2, 0) is 9.59 Å². The first-order valence-electron chi connectivity index (χ1n) is 7.17. The van der Waals surface area contributed by atoms with Crippen LogP contribution in [0.25, 0.3) is 0 Å². The van der Waals surface area contributed by atoms with Gasteiger partial charge in [-0.25, -0.2) is 0 Å². The SMILES string of the molecule is CN(CC(=O)NC1CC1)C(=O)C1CNc2ccccc2O1. The molecule has 2 aliphatic rings. The number of hydrogen-bond acceptors (Lipinski definition) is 4. The fraction of sp³-hybridized carbons (Fsp3) is 0.467.